The topological polar surface area (TPSA) is 50.4 Å². The van der Waals surface area contributed by atoms with Crippen molar-refractivity contribution < 1.29 is 9.53 Å². The van der Waals surface area contributed by atoms with Gasteiger partial charge in [0.2, 0.25) is 0 Å². The second-order valence-corrected chi connectivity index (χ2v) is 7.39. The number of alkyl carbamates (subject to hydrolysis) is 1. The van der Waals surface area contributed by atoms with E-state index < -0.39 is 5.60 Å². The summed E-state index contributed by atoms with van der Waals surface area (Å²) in [5.41, 5.74) is -0.473. The molecule has 2 fully saturated rings. The summed E-state index contributed by atoms with van der Waals surface area (Å²) >= 11 is 0. The van der Waals surface area contributed by atoms with Crippen LogP contribution in [0.25, 0.3) is 0 Å². The van der Waals surface area contributed by atoms with Crippen molar-refractivity contribution in [1.82, 2.24) is 10.6 Å². The molecule has 1 unspecified atom stereocenters. The Kier molecular flexibility index (Phi) is 4.95. The molecular weight excluding hydrogens is 252 g/mol. The van der Waals surface area contributed by atoms with Gasteiger partial charge in [-0.3, -0.25) is 0 Å². The standard InChI is InChI=1S/C16H30N2O2/c1-15(2,3)20-14(19)18-16(9-5-4-6-10-16)13-8-7-11-17-12-13/h13,17H,4-12H2,1-3H3,(H,18,19). The Morgan fingerprint density at radius 1 is 1.20 bits per heavy atom. The summed E-state index contributed by atoms with van der Waals surface area (Å²) in [6, 6.07) is 0. The lowest BCUT2D eigenvalue weighted by Crippen LogP contribution is -2.59. The number of ether oxygens (including phenoxy) is 1. The lowest BCUT2D eigenvalue weighted by molar-refractivity contribution is 0.0326. The van der Waals surface area contributed by atoms with Gasteiger partial charge < -0.3 is 15.4 Å². The Balaban J connectivity index is 2.04. The average Bonchev–Trinajstić information content (AvgIpc) is 2.38. The normalized spacial score (nSPS) is 26.9. The summed E-state index contributed by atoms with van der Waals surface area (Å²) in [7, 11) is 0. The maximum Gasteiger partial charge on any atom is 0.408 e. The molecule has 0 bridgehead atoms. The van der Waals surface area contributed by atoms with Crippen molar-refractivity contribution in [1.29, 1.82) is 0 Å². The zero-order valence-corrected chi connectivity index (χ0v) is 13.3. The van der Waals surface area contributed by atoms with Gasteiger partial charge in [-0.2, -0.15) is 0 Å². The van der Waals surface area contributed by atoms with E-state index in [0.717, 1.165) is 25.9 Å². The summed E-state index contributed by atoms with van der Waals surface area (Å²) in [5, 5.41) is 6.74. The highest BCUT2D eigenvalue weighted by Gasteiger charge is 2.42. The number of hydrogen-bond acceptors (Lipinski definition) is 3. The molecular formula is C16H30N2O2. The Morgan fingerprint density at radius 3 is 2.45 bits per heavy atom. The van der Waals surface area contributed by atoms with E-state index in [1.54, 1.807) is 0 Å². The number of piperidine rings is 1. The van der Waals surface area contributed by atoms with Crippen LogP contribution in [0.15, 0.2) is 0 Å². The third-order valence-corrected chi connectivity index (χ3v) is 4.57. The first-order valence-corrected chi connectivity index (χ1v) is 8.13. The predicted octanol–water partition coefficient (Wildman–Crippen LogP) is 3.21. The molecule has 20 heavy (non-hydrogen) atoms. The van der Waals surface area contributed by atoms with Gasteiger partial charge >= 0.3 is 6.09 Å². The third-order valence-electron chi connectivity index (χ3n) is 4.57. The summed E-state index contributed by atoms with van der Waals surface area (Å²) in [4.78, 5) is 12.2. The lowest BCUT2D eigenvalue weighted by Gasteiger charge is -2.46. The van der Waals surface area contributed by atoms with Gasteiger partial charge in [-0.05, 0) is 58.9 Å². The van der Waals surface area contributed by atoms with E-state index in [0.29, 0.717) is 5.92 Å². The van der Waals surface area contributed by atoms with Gasteiger partial charge in [-0.1, -0.05) is 19.3 Å². The molecule has 1 heterocycles. The number of carbonyl (C=O) groups is 1. The molecule has 0 radical (unpaired) electrons. The molecule has 0 aromatic rings. The molecule has 1 amide bonds. The van der Waals surface area contributed by atoms with E-state index in [1.807, 2.05) is 20.8 Å². The average molecular weight is 282 g/mol. The minimum absolute atomic E-state index is 0.0476. The fourth-order valence-corrected chi connectivity index (χ4v) is 3.65. The molecule has 1 atom stereocenters. The molecule has 4 heteroatoms. The van der Waals surface area contributed by atoms with Crippen LogP contribution in [0.2, 0.25) is 0 Å². The number of rotatable bonds is 2. The van der Waals surface area contributed by atoms with Crippen LogP contribution < -0.4 is 10.6 Å². The van der Waals surface area contributed by atoms with Crippen LogP contribution in [0.3, 0.4) is 0 Å². The summed E-state index contributed by atoms with van der Waals surface area (Å²) in [6.45, 7) is 7.89. The Hall–Kier alpha value is -0.770. The minimum Gasteiger partial charge on any atom is -0.444 e. The second kappa shape index (κ2) is 6.33. The van der Waals surface area contributed by atoms with E-state index in [-0.39, 0.29) is 11.6 Å². The Bertz CT molecular complexity index is 324. The first-order valence-electron chi connectivity index (χ1n) is 8.13. The fourth-order valence-electron chi connectivity index (χ4n) is 3.65. The smallest absolute Gasteiger partial charge is 0.408 e. The predicted molar refractivity (Wildman–Crippen MR) is 80.8 cm³/mol. The quantitative estimate of drug-likeness (QED) is 0.817. The van der Waals surface area contributed by atoms with Crippen molar-refractivity contribution in [3.63, 3.8) is 0 Å². The van der Waals surface area contributed by atoms with Crippen molar-refractivity contribution in [2.45, 2.75) is 76.9 Å². The monoisotopic (exact) mass is 282 g/mol. The first kappa shape index (κ1) is 15.6. The van der Waals surface area contributed by atoms with Crippen molar-refractivity contribution >= 4 is 6.09 Å². The van der Waals surface area contributed by atoms with Gasteiger partial charge in [-0.15, -0.1) is 0 Å². The number of carbonyl (C=O) groups excluding carboxylic acids is 1. The van der Waals surface area contributed by atoms with Crippen molar-refractivity contribution in [2.24, 2.45) is 5.92 Å². The van der Waals surface area contributed by atoms with Gasteiger partial charge in [0.15, 0.2) is 0 Å². The van der Waals surface area contributed by atoms with Crippen LogP contribution in [-0.2, 0) is 4.74 Å². The summed E-state index contributed by atoms with van der Waals surface area (Å²) in [5.74, 6) is 0.545. The van der Waals surface area contributed by atoms with Crippen LogP contribution in [0.1, 0.15) is 65.7 Å². The molecule has 1 aliphatic heterocycles. The van der Waals surface area contributed by atoms with E-state index in [4.69, 9.17) is 4.74 Å². The summed E-state index contributed by atoms with van der Waals surface area (Å²) < 4.78 is 5.49. The molecule has 1 aliphatic carbocycles. The molecule has 0 aromatic heterocycles. The van der Waals surface area contributed by atoms with Crippen molar-refractivity contribution in [2.75, 3.05) is 13.1 Å². The molecule has 0 aromatic carbocycles. The molecule has 116 valence electrons. The number of amides is 1. The van der Waals surface area contributed by atoms with Crippen LogP contribution in [-0.4, -0.2) is 30.3 Å². The molecule has 2 N–H and O–H groups in total. The van der Waals surface area contributed by atoms with E-state index >= 15 is 0 Å². The second-order valence-electron chi connectivity index (χ2n) is 7.39. The molecule has 0 spiro atoms. The van der Waals surface area contributed by atoms with E-state index in [1.165, 1.54) is 32.1 Å². The minimum atomic E-state index is -0.426. The van der Waals surface area contributed by atoms with E-state index in [9.17, 15) is 4.79 Å². The summed E-state index contributed by atoms with van der Waals surface area (Å²) in [6.07, 6.45) is 8.09. The Labute approximate surface area is 123 Å². The van der Waals surface area contributed by atoms with Crippen LogP contribution >= 0.6 is 0 Å². The van der Waals surface area contributed by atoms with Crippen molar-refractivity contribution in [3.05, 3.63) is 0 Å². The SMILES string of the molecule is CC(C)(C)OC(=O)NC1(C2CCCNC2)CCCCC1. The first-order chi connectivity index (χ1) is 9.41. The highest BCUT2D eigenvalue weighted by Crippen LogP contribution is 2.37. The largest absolute Gasteiger partial charge is 0.444 e. The van der Waals surface area contributed by atoms with Gasteiger partial charge in [0, 0.05) is 12.1 Å². The zero-order valence-electron chi connectivity index (χ0n) is 13.3. The van der Waals surface area contributed by atoms with Crippen molar-refractivity contribution in [3.8, 4) is 0 Å². The van der Waals surface area contributed by atoms with Crippen LogP contribution in [0, 0.1) is 5.92 Å². The molecule has 1 saturated carbocycles. The van der Waals surface area contributed by atoms with Crippen LogP contribution in [0.4, 0.5) is 4.79 Å². The zero-order chi connectivity index (χ0) is 14.6. The van der Waals surface area contributed by atoms with Gasteiger partial charge in [0.1, 0.15) is 5.60 Å². The number of hydrogen-bond donors (Lipinski definition) is 2. The molecule has 2 rings (SSSR count). The number of nitrogens with one attached hydrogen (secondary N) is 2. The lowest BCUT2D eigenvalue weighted by atomic mass is 9.70. The molecule has 2 aliphatic rings. The van der Waals surface area contributed by atoms with E-state index in [2.05, 4.69) is 10.6 Å². The highest BCUT2D eigenvalue weighted by molar-refractivity contribution is 5.69. The maximum absolute atomic E-state index is 12.2. The molecule has 4 nitrogen and oxygen atoms in total. The van der Waals surface area contributed by atoms with Gasteiger partial charge in [-0.25, -0.2) is 4.79 Å². The van der Waals surface area contributed by atoms with Gasteiger partial charge in [0.05, 0.1) is 0 Å². The fraction of sp³-hybridized carbons (Fsp3) is 0.938. The third kappa shape index (κ3) is 4.11. The van der Waals surface area contributed by atoms with Gasteiger partial charge in [0.25, 0.3) is 0 Å². The van der Waals surface area contributed by atoms with Crippen LogP contribution in [0.5, 0.6) is 0 Å². The molecule has 1 saturated heterocycles. The maximum atomic E-state index is 12.2. The highest BCUT2D eigenvalue weighted by atomic mass is 16.6. The Morgan fingerprint density at radius 2 is 1.90 bits per heavy atom.